The molecule has 1 aliphatic rings. The number of aryl methyl sites for hydroxylation is 4. The first-order valence-corrected chi connectivity index (χ1v) is 18.8. The Morgan fingerprint density at radius 1 is 0.440 bits per heavy atom. The van der Waals surface area contributed by atoms with Crippen LogP contribution in [0.4, 0.5) is 17.1 Å². The number of benzene rings is 6. The van der Waals surface area contributed by atoms with Crippen molar-refractivity contribution in [1.29, 1.82) is 0 Å². The minimum absolute atomic E-state index is 0.0490. The second-order valence-corrected chi connectivity index (χ2v) is 14.5. The Bertz CT molecular complexity index is 1990. The van der Waals surface area contributed by atoms with Crippen LogP contribution in [0.2, 0.25) is 0 Å². The Balaban J connectivity index is 1.18. The minimum Gasteiger partial charge on any atom is -0.311 e. The molecule has 6 aromatic carbocycles. The van der Waals surface area contributed by atoms with E-state index in [0.29, 0.717) is 0 Å². The summed E-state index contributed by atoms with van der Waals surface area (Å²) in [6, 6.07) is 52.8. The Kier molecular flexibility index (Phi) is 10.0. The SMILES string of the molecule is CCCCC(CCCC)(c1ccc(C)cc1)c1ccc(-c2ccc(N(c3ccc(C)cc3)c3ccc(-c4ccc5c(c4)CC5)cc3)cc2)cc1. The number of fused-ring (bicyclic) bond motifs is 1. The molecule has 0 unspecified atom stereocenters. The minimum atomic E-state index is 0.0490. The fraction of sp³-hybridized carbons (Fsp3) is 0.265. The third-order valence-electron chi connectivity index (χ3n) is 11.0. The fourth-order valence-electron chi connectivity index (χ4n) is 7.80. The zero-order valence-corrected chi connectivity index (χ0v) is 30.4. The Labute approximate surface area is 300 Å². The van der Waals surface area contributed by atoms with E-state index in [2.05, 4.69) is 172 Å². The highest BCUT2D eigenvalue weighted by Gasteiger charge is 2.33. The van der Waals surface area contributed by atoms with Crippen molar-refractivity contribution in [2.45, 2.75) is 84.5 Å². The van der Waals surface area contributed by atoms with E-state index in [-0.39, 0.29) is 5.41 Å². The quantitative estimate of drug-likeness (QED) is 0.120. The standard InChI is InChI=1S/C49H51N/c1-5-7-33-49(34-8-6-2,44-23-9-36(3)10-24-44)45-25-17-38(18-26-45)39-19-29-47(30-20-39)50(46-27-11-37(4)12-28-46)48-31-21-41(22-32-48)43-16-14-40-13-15-42(40)35-43/h9-12,14,16-32,35H,5-8,13,15,33-34H2,1-4H3. The predicted molar refractivity (Wildman–Crippen MR) is 215 cm³/mol. The summed E-state index contributed by atoms with van der Waals surface area (Å²) in [5.41, 5.74) is 17.1. The van der Waals surface area contributed by atoms with Crippen molar-refractivity contribution in [3.05, 3.63) is 173 Å². The van der Waals surface area contributed by atoms with Gasteiger partial charge in [-0.25, -0.2) is 0 Å². The zero-order chi connectivity index (χ0) is 34.5. The van der Waals surface area contributed by atoms with Crippen molar-refractivity contribution in [3.8, 4) is 22.3 Å². The molecule has 6 aromatic rings. The van der Waals surface area contributed by atoms with Gasteiger partial charge in [-0.3, -0.25) is 0 Å². The van der Waals surface area contributed by atoms with Gasteiger partial charge in [0.15, 0.2) is 0 Å². The summed E-state index contributed by atoms with van der Waals surface area (Å²) in [4.78, 5) is 2.37. The monoisotopic (exact) mass is 653 g/mol. The number of anilines is 3. The first-order valence-electron chi connectivity index (χ1n) is 18.8. The summed E-state index contributed by atoms with van der Waals surface area (Å²) in [5.74, 6) is 0. The molecular formula is C49H51N. The molecule has 50 heavy (non-hydrogen) atoms. The highest BCUT2D eigenvalue weighted by molar-refractivity contribution is 5.80. The van der Waals surface area contributed by atoms with E-state index in [1.165, 1.54) is 107 Å². The van der Waals surface area contributed by atoms with Crippen molar-refractivity contribution in [3.63, 3.8) is 0 Å². The molecule has 0 aliphatic heterocycles. The highest BCUT2D eigenvalue weighted by atomic mass is 15.1. The van der Waals surface area contributed by atoms with Crippen LogP contribution in [0, 0.1) is 13.8 Å². The van der Waals surface area contributed by atoms with Crippen LogP contribution in [-0.2, 0) is 18.3 Å². The average molecular weight is 654 g/mol. The van der Waals surface area contributed by atoms with E-state index in [9.17, 15) is 0 Å². The molecule has 0 bridgehead atoms. The fourth-order valence-corrected chi connectivity index (χ4v) is 7.80. The molecule has 0 heterocycles. The molecule has 0 atom stereocenters. The molecule has 0 N–H and O–H groups in total. The lowest BCUT2D eigenvalue weighted by Gasteiger charge is -2.36. The molecule has 0 spiro atoms. The molecule has 1 nitrogen and oxygen atoms in total. The van der Waals surface area contributed by atoms with Crippen LogP contribution in [0.1, 0.15) is 85.8 Å². The summed E-state index contributed by atoms with van der Waals surface area (Å²) in [7, 11) is 0. The van der Waals surface area contributed by atoms with Crippen molar-refractivity contribution >= 4 is 17.1 Å². The Hall–Kier alpha value is -4.88. The molecule has 0 amide bonds. The van der Waals surface area contributed by atoms with Gasteiger partial charge < -0.3 is 4.90 Å². The summed E-state index contributed by atoms with van der Waals surface area (Å²) in [5, 5.41) is 0. The van der Waals surface area contributed by atoms with E-state index in [4.69, 9.17) is 0 Å². The van der Waals surface area contributed by atoms with Gasteiger partial charge in [0.1, 0.15) is 0 Å². The summed E-state index contributed by atoms with van der Waals surface area (Å²) in [6.45, 7) is 8.97. The lowest BCUT2D eigenvalue weighted by Crippen LogP contribution is -2.28. The third kappa shape index (κ3) is 6.92. The Morgan fingerprint density at radius 3 is 1.26 bits per heavy atom. The second kappa shape index (κ2) is 14.9. The van der Waals surface area contributed by atoms with Crippen LogP contribution < -0.4 is 4.90 Å². The Morgan fingerprint density at radius 2 is 0.820 bits per heavy atom. The largest absolute Gasteiger partial charge is 0.311 e. The highest BCUT2D eigenvalue weighted by Crippen LogP contribution is 2.43. The van der Waals surface area contributed by atoms with Crippen molar-refractivity contribution in [2.75, 3.05) is 4.90 Å². The molecular weight excluding hydrogens is 603 g/mol. The number of hydrogen-bond donors (Lipinski definition) is 0. The van der Waals surface area contributed by atoms with Gasteiger partial charge in [0, 0.05) is 22.5 Å². The van der Waals surface area contributed by atoms with Crippen LogP contribution in [0.25, 0.3) is 22.3 Å². The van der Waals surface area contributed by atoms with Crippen LogP contribution in [0.5, 0.6) is 0 Å². The maximum atomic E-state index is 2.41. The van der Waals surface area contributed by atoms with Crippen LogP contribution in [0.3, 0.4) is 0 Å². The molecule has 1 aliphatic carbocycles. The van der Waals surface area contributed by atoms with Gasteiger partial charge >= 0.3 is 0 Å². The van der Waals surface area contributed by atoms with E-state index in [1.54, 1.807) is 0 Å². The maximum absolute atomic E-state index is 2.41. The number of nitrogens with zero attached hydrogens (tertiary/aromatic N) is 1. The number of rotatable bonds is 13. The van der Waals surface area contributed by atoms with E-state index >= 15 is 0 Å². The first-order chi connectivity index (χ1) is 24.5. The third-order valence-corrected chi connectivity index (χ3v) is 11.0. The molecule has 1 heteroatoms. The normalized spacial score (nSPS) is 12.3. The lowest BCUT2D eigenvalue weighted by atomic mass is 9.68. The van der Waals surface area contributed by atoms with Crippen LogP contribution >= 0.6 is 0 Å². The predicted octanol–water partition coefficient (Wildman–Crippen LogP) is 13.9. The molecule has 0 saturated heterocycles. The molecule has 252 valence electrons. The van der Waals surface area contributed by atoms with Gasteiger partial charge in [0.25, 0.3) is 0 Å². The summed E-state index contributed by atoms with van der Waals surface area (Å²) < 4.78 is 0. The smallest absolute Gasteiger partial charge is 0.0462 e. The van der Waals surface area contributed by atoms with Crippen LogP contribution in [0.15, 0.2) is 140 Å². The number of unbranched alkanes of at least 4 members (excludes halogenated alkanes) is 2. The molecule has 0 radical (unpaired) electrons. The molecule has 0 aromatic heterocycles. The van der Waals surface area contributed by atoms with Crippen molar-refractivity contribution in [2.24, 2.45) is 0 Å². The van der Waals surface area contributed by atoms with Gasteiger partial charge in [-0.1, -0.05) is 154 Å². The molecule has 0 saturated carbocycles. The van der Waals surface area contributed by atoms with E-state index in [1.807, 2.05) is 0 Å². The van der Waals surface area contributed by atoms with Gasteiger partial charge in [0.05, 0.1) is 0 Å². The van der Waals surface area contributed by atoms with Gasteiger partial charge in [-0.2, -0.15) is 0 Å². The zero-order valence-electron chi connectivity index (χ0n) is 30.4. The summed E-state index contributed by atoms with van der Waals surface area (Å²) >= 11 is 0. The van der Waals surface area contributed by atoms with Gasteiger partial charge in [-0.05, 0) is 120 Å². The van der Waals surface area contributed by atoms with E-state index in [0.717, 1.165) is 17.1 Å². The molecule has 7 rings (SSSR count). The van der Waals surface area contributed by atoms with Crippen molar-refractivity contribution < 1.29 is 0 Å². The van der Waals surface area contributed by atoms with Gasteiger partial charge in [-0.15, -0.1) is 0 Å². The maximum Gasteiger partial charge on any atom is 0.0462 e. The lowest BCUT2D eigenvalue weighted by molar-refractivity contribution is 0.406. The first kappa shape index (κ1) is 33.6. The van der Waals surface area contributed by atoms with Crippen LogP contribution in [-0.4, -0.2) is 0 Å². The average Bonchev–Trinajstić information content (AvgIpc) is 3.14. The topological polar surface area (TPSA) is 3.24 Å². The molecule has 0 fully saturated rings. The van der Waals surface area contributed by atoms with Gasteiger partial charge in [0.2, 0.25) is 0 Å². The summed E-state index contributed by atoms with van der Waals surface area (Å²) in [6.07, 6.45) is 9.67. The number of hydrogen-bond acceptors (Lipinski definition) is 1. The van der Waals surface area contributed by atoms with E-state index < -0.39 is 0 Å². The van der Waals surface area contributed by atoms with Crippen molar-refractivity contribution in [1.82, 2.24) is 0 Å². The second-order valence-electron chi connectivity index (χ2n) is 14.5.